The highest BCUT2D eigenvalue weighted by atomic mass is 16.6. The zero-order valence-corrected chi connectivity index (χ0v) is 18.6. The minimum absolute atomic E-state index is 0.143. The van der Waals surface area contributed by atoms with E-state index >= 15 is 0 Å². The van der Waals surface area contributed by atoms with Gasteiger partial charge in [0, 0.05) is 5.56 Å². The Morgan fingerprint density at radius 2 is 1.66 bits per heavy atom. The number of benzene rings is 2. The van der Waals surface area contributed by atoms with Crippen LogP contribution >= 0.6 is 0 Å². The van der Waals surface area contributed by atoms with E-state index in [0.717, 1.165) is 11.1 Å². The Hall–Kier alpha value is -3.03. The number of carbonyl (C=O) groups is 3. The van der Waals surface area contributed by atoms with Crippen LogP contribution in [-0.2, 0) is 14.3 Å². The van der Waals surface area contributed by atoms with Gasteiger partial charge in [0.1, 0.15) is 6.04 Å². The number of nitrogens with one attached hydrogen (secondary N) is 2. The molecule has 1 unspecified atom stereocenters. The van der Waals surface area contributed by atoms with Gasteiger partial charge < -0.3 is 20.5 Å². The molecule has 0 saturated carbocycles. The number of amides is 2. The molecule has 1 fully saturated rings. The third-order valence-corrected chi connectivity index (χ3v) is 5.51. The number of hydrogen-bond donors (Lipinski definition) is 3. The lowest BCUT2D eigenvalue weighted by molar-refractivity contribution is -0.132. The van der Waals surface area contributed by atoms with Gasteiger partial charge in [0.05, 0.1) is 19.3 Å². The Labute approximate surface area is 188 Å². The summed E-state index contributed by atoms with van der Waals surface area (Å²) in [6.45, 7) is 5.19. The monoisotopic (exact) mass is 438 g/mol. The van der Waals surface area contributed by atoms with Gasteiger partial charge in [-0.25, -0.2) is 0 Å². The molecule has 0 bridgehead atoms. The quantitative estimate of drug-likeness (QED) is 0.494. The molecule has 7 heteroatoms. The first-order valence-corrected chi connectivity index (χ1v) is 10.8. The molecule has 0 radical (unpaired) electrons. The van der Waals surface area contributed by atoms with Crippen molar-refractivity contribution in [3.8, 4) is 11.1 Å². The van der Waals surface area contributed by atoms with Crippen LogP contribution in [0, 0.1) is 5.92 Å². The molecule has 2 aromatic carbocycles. The predicted octanol–water partition coefficient (Wildman–Crippen LogP) is 2.33. The fourth-order valence-corrected chi connectivity index (χ4v) is 3.53. The summed E-state index contributed by atoms with van der Waals surface area (Å²) in [6.07, 6.45) is 0.412. The topological polar surface area (TPSA) is 108 Å². The predicted molar refractivity (Wildman–Crippen MR) is 121 cm³/mol. The Balaban J connectivity index is 1.65. The Bertz CT molecular complexity index is 969. The number of carbonyl (C=O) groups excluding carboxylic acids is 3. The van der Waals surface area contributed by atoms with Crippen LogP contribution in [0.5, 0.6) is 0 Å². The van der Waals surface area contributed by atoms with Gasteiger partial charge in [-0.2, -0.15) is 0 Å². The maximum Gasteiger partial charge on any atom is 0.251 e. The molecule has 1 heterocycles. The Morgan fingerprint density at radius 1 is 1.00 bits per heavy atom. The van der Waals surface area contributed by atoms with E-state index in [-0.39, 0.29) is 24.2 Å². The van der Waals surface area contributed by atoms with E-state index in [1.807, 2.05) is 50.2 Å². The third-order valence-electron chi connectivity index (χ3n) is 5.51. The number of rotatable bonds is 10. The second-order valence-corrected chi connectivity index (χ2v) is 8.64. The molecule has 0 aliphatic carbocycles. The van der Waals surface area contributed by atoms with E-state index in [1.165, 1.54) is 0 Å². The van der Waals surface area contributed by atoms with E-state index < -0.39 is 30.2 Å². The van der Waals surface area contributed by atoms with Crippen molar-refractivity contribution in [3.05, 3.63) is 60.2 Å². The molecular weight excluding hydrogens is 408 g/mol. The van der Waals surface area contributed by atoms with E-state index in [9.17, 15) is 19.5 Å². The maximum atomic E-state index is 12.8. The first kappa shape index (κ1) is 23.6. The number of aliphatic hydroxyl groups excluding tert-OH is 1. The van der Waals surface area contributed by atoms with Gasteiger partial charge in [0.25, 0.3) is 5.91 Å². The van der Waals surface area contributed by atoms with E-state index in [0.29, 0.717) is 12.0 Å². The minimum atomic E-state index is -1.21. The van der Waals surface area contributed by atoms with Crippen LogP contribution in [0.15, 0.2) is 54.6 Å². The summed E-state index contributed by atoms with van der Waals surface area (Å²) in [7, 11) is 0. The van der Waals surface area contributed by atoms with Crippen molar-refractivity contribution in [3.63, 3.8) is 0 Å². The normalized spacial score (nSPS) is 19.2. The second kappa shape index (κ2) is 10.1. The summed E-state index contributed by atoms with van der Waals surface area (Å²) in [6, 6.07) is 15.2. The number of ether oxygens (including phenoxy) is 1. The van der Waals surface area contributed by atoms with Crippen LogP contribution in [0.3, 0.4) is 0 Å². The SMILES string of the molecule is CC(C)CC(NC(=O)[C@H](C)NC(=O)c1cccc(-c2ccccc2)c1)C(=O)[C@]1(CO)CO1. The number of Topliss-reactive ketones (excluding diaryl/α,β-unsaturated/α-hetero) is 1. The van der Waals surface area contributed by atoms with E-state index in [4.69, 9.17) is 4.74 Å². The molecule has 3 N–H and O–H groups in total. The van der Waals surface area contributed by atoms with Gasteiger partial charge in [0.15, 0.2) is 11.4 Å². The lowest BCUT2D eigenvalue weighted by atomic mass is 9.92. The lowest BCUT2D eigenvalue weighted by Gasteiger charge is -2.24. The standard InChI is InChI=1S/C25H30N2O5/c1-16(2)12-21(22(29)25(14-28)15-32-25)27-23(30)17(3)26-24(31)20-11-7-10-19(13-20)18-8-5-4-6-9-18/h4-11,13,16-17,21,28H,12,14-15H2,1-3H3,(H,26,31)(H,27,30)/t17-,21?,25-/m0/s1. The largest absolute Gasteiger partial charge is 0.393 e. The fourth-order valence-electron chi connectivity index (χ4n) is 3.53. The van der Waals surface area contributed by atoms with Crippen LogP contribution < -0.4 is 10.6 Å². The second-order valence-electron chi connectivity index (χ2n) is 8.64. The molecule has 0 aromatic heterocycles. The van der Waals surface area contributed by atoms with Crippen LogP contribution in [-0.4, -0.2) is 53.6 Å². The van der Waals surface area contributed by atoms with Gasteiger partial charge >= 0.3 is 0 Å². The lowest BCUT2D eigenvalue weighted by Crippen LogP contribution is -2.53. The minimum Gasteiger partial charge on any atom is -0.393 e. The molecule has 2 aromatic rings. The molecule has 32 heavy (non-hydrogen) atoms. The van der Waals surface area contributed by atoms with Gasteiger partial charge in [-0.05, 0) is 42.5 Å². The van der Waals surface area contributed by atoms with Crippen molar-refractivity contribution in [2.24, 2.45) is 5.92 Å². The molecule has 3 rings (SSSR count). The van der Waals surface area contributed by atoms with Gasteiger partial charge in [0.2, 0.25) is 5.91 Å². The average Bonchev–Trinajstić information content (AvgIpc) is 3.59. The van der Waals surface area contributed by atoms with Crippen LogP contribution in [0.1, 0.15) is 37.6 Å². The summed E-state index contributed by atoms with van der Waals surface area (Å²) in [5, 5.41) is 14.9. The van der Waals surface area contributed by atoms with Crippen molar-refractivity contribution in [2.75, 3.05) is 13.2 Å². The van der Waals surface area contributed by atoms with Crippen LogP contribution in [0.4, 0.5) is 0 Å². The van der Waals surface area contributed by atoms with Crippen molar-refractivity contribution < 1.29 is 24.2 Å². The zero-order valence-electron chi connectivity index (χ0n) is 18.6. The zero-order chi connectivity index (χ0) is 23.3. The number of ketones is 1. The fraction of sp³-hybridized carbons (Fsp3) is 0.400. The number of hydrogen-bond acceptors (Lipinski definition) is 5. The number of aliphatic hydroxyl groups is 1. The molecule has 1 aliphatic rings. The highest BCUT2D eigenvalue weighted by molar-refractivity contribution is 6.00. The van der Waals surface area contributed by atoms with Crippen molar-refractivity contribution in [2.45, 2.75) is 44.9 Å². The molecule has 170 valence electrons. The smallest absolute Gasteiger partial charge is 0.251 e. The average molecular weight is 439 g/mol. The molecule has 2 amide bonds. The molecular formula is C25H30N2O5. The first-order valence-electron chi connectivity index (χ1n) is 10.8. The highest BCUT2D eigenvalue weighted by Crippen LogP contribution is 2.30. The van der Waals surface area contributed by atoms with Crippen molar-refractivity contribution in [1.82, 2.24) is 10.6 Å². The van der Waals surface area contributed by atoms with Crippen LogP contribution in [0.2, 0.25) is 0 Å². The first-order chi connectivity index (χ1) is 15.3. The molecule has 0 spiro atoms. The van der Waals surface area contributed by atoms with E-state index in [1.54, 1.807) is 25.1 Å². The van der Waals surface area contributed by atoms with Gasteiger partial charge in [-0.15, -0.1) is 0 Å². The molecule has 1 saturated heterocycles. The number of epoxide rings is 1. The Kier molecular flexibility index (Phi) is 7.43. The van der Waals surface area contributed by atoms with Crippen LogP contribution in [0.25, 0.3) is 11.1 Å². The molecule has 7 nitrogen and oxygen atoms in total. The van der Waals surface area contributed by atoms with Gasteiger partial charge in [-0.3, -0.25) is 14.4 Å². The third kappa shape index (κ3) is 5.60. The highest BCUT2D eigenvalue weighted by Gasteiger charge is 2.54. The van der Waals surface area contributed by atoms with Crippen molar-refractivity contribution >= 4 is 17.6 Å². The summed E-state index contributed by atoms with van der Waals surface area (Å²) in [4.78, 5) is 38.3. The van der Waals surface area contributed by atoms with Gasteiger partial charge in [-0.1, -0.05) is 56.3 Å². The maximum absolute atomic E-state index is 12.8. The summed E-state index contributed by atoms with van der Waals surface area (Å²) in [5.41, 5.74) is 1.11. The summed E-state index contributed by atoms with van der Waals surface area (Å²) < 4.78 is 5.16. The van der Waals surface area contributed by atoms with E-state index in [2.05, 4.69) is 10.6 Å². The molecule has 1 aliphatic heterocycles. The Morgan fingerprint density at radius 3 is 2.25 bits per heavy atom. The summed E-state index contributed by atoms with van der Waals surface area (Å²) in [5.74, 6) is -1.04. The summed E-state index contributed by atoms with van der Waals surface area (Å²) >= 11 is 0. The molecule has 3 atom stereocenters. The van der Waals surface area contributed by atoms with Crippen molar-refractivity contribution in [1.29, 1.82) is 0 Å².